The SMILES string of the molecule is Cc1ccnc(Cc2nc(-c3cc(C)c(C)cc3C)cs2)c1. The molecule has 0 unspecified atom stereocenters. The van der Waals surface area contributed by atoms with Crippen molar-refractivity contribution in [3.63, 3.8) is 0 Å². The van der Waals surface area contributed by atoms with E-state index in [1.807, 2.05) is 12.3 Å². The molecule has 0 N–H and O–H groups in total. The lowest BCUT2D eigenvalue weighted by atomic mass is 9.99. The van der Waals surface area contributed by atoms with Gasteiger partial charge in [-0.05, 0) is 68.1 Å². The number of pyridine rings is 1. The van der Waals surface area contributed by atoms with Gasteiger partial charge in [0.25, 0.3) is 0 Å². The molecule has 22 heavy (non-hydrogen) atoms. The van der Waals surface area contributed by atoms with Gasteiger partial charge in [0.1, 0.15) is 0 Å². The van der Waals surface area contributed by atoms with Gasteiger partial charge in [0, 0.05) is 29.3 Å². The Morgan fingerprint density at radius 1 is 0.955 bits per heavy atom. The van der Waals surface area contributed by atoms with Gasteiger partial charge >= 0.3 is 0 Å². The standard InChI is InChI=1S/C19H20N2S/c1-12-5-6-20-16(7-12)10-19-21-18(11-22-19)17-9-14(3)13(2)8-15(17)4/h5-9,11H,10H2,1-4H3. The second kappa shape index (κ2) is 6.01. The smallest absolute Gasteiger partial charge is 0.0992 e. The van der Waals surface area contributed by atoms with Crippen LogP contribution in [0.5, 0.6) is 0 Å². The molecule has 0 aliphatic rings. The van der Waals surface area contributed by atoms with Crippen LogP contribution >= 0.6 is 11.3 Å². The maximum Gasteiger partial charge on any atom is 0.0992 e. The number of benzene rings is 1. The Morgan fingerprint density at radius 2 is 1.73 bits per heavy atom. The molecule has 2 heterocycles. The quantitative estimate of drug-likeness (QED) is 0.678. The minimum Gasteiger partial charge on any atom is -0.261 e. The second-order valence-corrected chi connectivity index (χ2v) is 6.82. The Kier molecular flexibility index (Phi) is 4.08. The van der Waals surface area contributed by atoms with Crippen LogP contribution in [0.2, 0.25) is 0 Å². The zero-order valence-electron chi connectivity index (χ0n) is 13.5. The maximum atomic E-state index is 4.82. The van der Waals surface area contributed by atoms with Gasteiger partial charge in [-0.3, -0.25) is 4.98 Å². The van der Waals surface area contributed by atoms with Crippen molar-refractivity contribution in [2.24, 2.45) is 0 Å². The minimum absolute atomic E-state index is 0.802. The summed E-state index contributed by atoms with van der Waals surface area (Å²) in [5, 5.41) is 3.27. The van der Waals surface area contributed by atoms with Gasteiger partial charge in [-0.2, -0.15) is 0 Å². The van der Waals surface area contributed by atoms with Gasteiger partial charge in [0.15, 0.2) is 0 Å². The monoisotopic (exact) mass is 308 g/mol. The number of rotatable bonds is 3. The topological polar surface area (TPSA) is 25.8 Å². The molecule has 0 aliphatic heterocycles. The van der Waals surface area contributed by atoms with E-state index >= 15 is 0 Å². The first kappa shape index (κ1) is 14.9. The molecule has 0 aliphatic carbocycles. The number of thiazole rings is 1. The molecule has 0 atom stereocenters. The van der Waals surface area contributed by atoms with Crippen LogP contribution in [0.4, 0.5) is 0 Å². The summed E-state index contributed by atoms with van der Waals surface area (Å²) < 4.78 is 0. The van der Waals surface area contributed by atoms with Crippen molar-refractivity contribution in [2.45, 2.75) is 34.1 Å². The van der Waals surface area contributed by atoms with Gasteiger partial charge in [0.05, 0.1) is 10.7 Å². The average molecular weight is 308 g/mol. The van der Waals surface area contributed by atoms with Crippen LogP contribution < -0.4 is 0 Å². The number of aryl methyl sites for hydroxylation is 4. The number of aromatic nitrogens is 2. The Bertz CT molecular complexity index is 818. The Balaban J connectivity index is 1.89. The third-order valence-electron chi connectivity index (χ3n) is 3.97. The van der Waals surface area contributed by atoms with Crippen molar-refractivity contribution in [3.05, 3.63) is 68.8 Å². The number of nitrogens with zero attached hydrogens (tertiary/aromatic N) is 2. The highest BCUT2D eigenvalue weighted by molar-refractivity contribution is 7.10. The summed E-state index contributed by atoms with van der Waals surface area (Å²) in [5.74, 6) is 0. The van der Waals surface area contributed by atoms with Gasteiger partial charge in [-0.1, -0.05) is 6.07 Å². The molecule has 2 aromatic heterocycles. The van der Waals surface area contributed by atoms with Crippen LogP contribution in [0.3, 0.4) is 0 Å². The molecule has 2 nitrogen and oxygen atoms in total. The van der Waals surface area contributed by atoms with E-state index in [2.05, 4.69) is 56.3 Å². The summed E-state index contributed by atoms with van der Waals surface area (Å²) >= 11 is 1.71. The fraction of sp³-hybridized carbons (Fsp3) is 0.263. The van der Waals surface area contributed by atoms with E-state index in [-0.39, 0.29) is 0 Å². The molecular formula is C19H20N2S. The Hall–Kier alpha value is -2.00. The lowest BCUT2D eigenvalue weighted by Gasteiger charge is -2.07. The van der Waals surface area contributed by atoms with Crippen LogP contribution in [0, 0.1) is 27.7 Å². The minimum atomic E-state index is 0.802. The molecule has 0 saturated carbocycles. The molecule has 3 heteroatoms. The first-order valence-corrected chi connectivity index (χ1v) is 8.35. The third kappa shape index (κ3) is 3.09. The van der Waals surface area contributed by atoms with E-state index < -0.39 is 0 Å². The normalized spacial score (nSPS) is 10.9. The van der Waals surface area contributed by atoms with Crippen molar-refractivity contribution in [3.8, 4) is 11.3 Å². The van der Waals surface area contributed by atoms with E-state index in [0.717, 1.165) is 22.8 Å². The van der Waals surface area contributed by atoms with E-state index in [4.69, 9.17) is 4.98 Å². The maximum absolute atomic E-state index is 4.82. The predicted molar refractivity (Wildman–Crippen MR) is 93.5 cm³/mol. The van der Waals surface area contributed by atoms with Crippen molar-refractivity contribution in [1.29, 1.82) is 0 Å². The number of hydrogen-bond acceptors (Lipinski definition) is 3. The number of hydrogen-bond donors (Lipinski definition) is 0. The van der Waals surface area contributed by atoms with Crippen LogP contribution in [0.15, 0.2) is 35.8 Å². The molecule has 0 saturated heterocycles. The first-order chi connectivity index (χ1) is 10.5. The summed E-state index contributed by atoms with van der Waals surface area (Å²) in [5.41, 5.74) is 8.57. The highest BCUT2D eigenvalue weighted by atomic mass is 32.1. The fourth-order valence-corrected chi connectivity index (χ4v) is 3.41. The highest BCUT2D eigenvalue weighted by Gasteiger charge is 2.10. The molecule has 1 aromatic carbocycles. The van der Waals surface area contributed by atoms with Crippen molar-refractivity contribution >= 4 is 11.3 Å². The van der Waals surface area contributed by atoms with Gasteiger partial charge in [-0.25, -0.2) is 4.98 Å². The van der Waals surface area contributed by atoms with Gasteiger partial charge in [-0.15, -0.1) is 11.3 Å². The molecule has 112 valence electrons. The van der Waals surface area contributed by atoms with Crippen molar-refractivity contribution in [1.82, 2.24) is 9.97 Å². The summed E-state index contributed by atoms with van der Waals surface area (Å²) in [4.78, 5) is 9.24. The lowest BCUT2D eigenvalue weighted by molar-refractivity contribution is 1.04. The fourth-order valence-electron chi connectivity index (χ4n) is 2.60. The Labute approximate surface area is 135 Å². The second-order valence-electron chi connectivity index (χ2n) is 5.88. The molecule has 0 fully saturated rings. The molecule has 0 radical (unpaired) electrons. The molecule has 0 bridgehead atoms. The first-order valence-electron chi connectivity index (χ1n) is 7.47. The van der Waals surface area contributed by atoms with Crippen LogP contribution in [-0.4, -0.2) is 9.97 Å². The summed E-state index contributed by atoms with van der Waals surface area (Å²) in [6.07, 6.45) is 2.67. The third-order valence-corrected chi connectivity index (χ3v) is 4.82. The predicted octanol–water partition coefficient (Wildman–Crippen LogP) is 5.03. The van der Waals surface area contributed by atoms with Crippen molar-refractivity contribution < 1.29 is 0 Å². The van der Waals surface area contributed by atoms with E-state index in [1.165, 1.54) is 27.8 Å². The highest BCUT2D eigenvalue weighted by Crippen LogP contribution is 2.28. The zero-order chi connectivity index (χ0) is 15.7. The van der Waals surface area contributed by atoms with Gasteiger partial charge < -0.3 is 0 Å². The molecule has 0 spiro atoms. The Morgan fingerprint density at radius 3 is 2.50 bits per heavy atom. The summed E-state index contributed by atoms with van der Waals surface area (Å²) in [6, 6.07) is 8.64. The van der Waals surface area contributed by atoms with Crippen LogP contribution in [0.1, 0.15) is 33.0 Å². The summed E-state index contributed by atoms with van der Waals surface area (Å²) in [7, 11) is 0. The molecular weight excluding hydrogens is 288 g/mol. The van der Waals surface area contributed by atoms with E-state index in [9.17, 15) is 0 Å². The van der Waals surface area contributed by atoms with Crippen LogP contribution in [0.25, 0.3) is 11.3 Å². The zero-order valence-corrected chi connectivity index (χ0v) is 14.3. The average Bonchev–Trinajstić information content (AvgIpc) is 2.91. The lowest BCUT2D eigenvalue weighted by Crippen LogP contribution is -1.93. The van der Waals surface area contributed by atoms with Crippen molar-refractivity contribution in [2.75, 3.05) is 0 Å². The van der Waals surface area contributed by atoms with E-state index in [1.54, 1.807) is 11.3 Å². The van der Waals surface area contributed by atoms with E-state index in [0.29, 0.717) is 0 Å². The molecule has 3 aromatic rings. The van der Waals surface area contributed by atoms with Crippen LogP contribution in [-0.2, 0) is 6.42 Å². The van der Waals surface area contributed by atoms with Gasteiger partial charge in [0.2, 0.25) is 0 Å². The molecule has 3 rings (SSSR count). The molecule has 0 amide bonds. The summed E-state index contributed by atoms with van der Waals surface area (Å²) in [6.45, 7) is 8.56. The largest absolute Gasteiger partial charge is 0.261 e.